The molecular weight excluding hydrogens is 384 g/mol. The number of ketones is 2. The van der Waals surface area contributed by atoms with Gasteiger partial charge in [0.1, 0.15) is 21.9 Å². The Morgan fingerprint density at radius 1 is 1.21 bits per heavy atom. The zero-order chi connectivity index (χ0) is 20.4. The van der Waals surface area contributed by atoms with E-state index in [4.69, 9.17) is 4.18 Å². The smallest absolute Gasteiger partial charge is 0.170 e. The van der Waals surface area contributed by atoms with E-state index in [2.05, 4.69) is 5.10 Å². The summed E-state index contributed by atoms with van der Waals surface area (Å²) in [5.74, 6) is -0.834. The van der Waals surface area contributed by atoms with Crippen molar-refractivity contribution in [3.63, 3.8) is 0 Å². The van der Waals surface area contributed by atoms with Crippen molar-refractivity contribution >= 4 is 28.2 Å². The Labute approximate surface area is 163 Å². The lowest BCUT2D eigenvalue weighted by atomic mass is 9.87. The molecule has 1 aromatic carbocycles. The van der Waals surface area contributed by atoms with Crippen molar-refractivity contribution < 1.29 is 28.0 Å². The lowest BCUT2D eigenvalue weighted by Crippen LogP contribution is -2.21. The van der Waals surface area contributed by atoms with E-state index in [0.29, 0.717) is 34.4 Å². The summed E-state index contributed by atoms with van der Waals surface area (Å²) in [6.45, 7) is 3.40. The number of carbonyl (C=O) groups is 2. The number of nitrogens with zero attached hydrogens (tertiary/aromatic N) is 2. The number of aliphatic hydroxyl groups excluding tert-OH is 1. The minimum atomic E-state index is -3.51. The van der Waals surface area contributed by atoms with Crippen LogP contribution < -0.4 is 4.18 Å². The Morgan fingerprint density at radius 3 is 2.50 bits per heavy atom. The molecular formula is C19H20N2O6S. The van der Waals surface area contributed by atoms with Crippen molar-refractivity contribution in [3.8, 4) is 17.0 Å². The van der Waals surface area contributed by atoms with Crippen molar-refractivity contribution in [2.75, 3.05) is 0 Å². The molecule has 3 N–H and O–H groups in total. The number of allylic oxidation sites excluding steroid dienone is 1. The second-order valence-corrected chi connectivity index (χ2v) is 8.69. The van der Waals surface area contributed by atoms with Crippen LogP contribution in [0.1, 0.15) is 36.0 Å². The van der Waals surface area contributed by atoms with Crippen LogP contribution in [0, 0.1) is 13.8 Å². The van der Waals surface area contributed by atoms with Crippen LogP contribution in [0.3, 0.4) is 0 Å². The van der Waals surface area contributed by atoms with E-state index in [1.54, 1.807) is 27.0 Å². The topological polar surface area (TPSA) is 122 Å². The largest absolute Gasteiger partial charge is 0.506 e. The number of benzene rings is 1. The molecule has 0 spiro atoms. The van der Waals surface area contributed by atoms with Gasteiger partial charge in [0.25, 0.3) is 0 Å². The molecule has 1 aliphatic heterocycles. The van der Waals surface area contributed by atoms with Crippen LogP contribution in [0.2, 0.25) is 0 Å². The number of rotatable bonds is 1. The van der Waals surface area contributed by atoms with Crippen LogP contribution >= 0.6 is 10.9 Å². The van der Waals surface area contributed by atoms with E-state index < -0.39 is 10.9 Å². The molecule has 1 aliphatic carbocycles. The minimum Gasteiger partial charge on any atom is -0.506 e. The number of aromatic nitrogens is 2. The second-order valence-electron chi connectivity index (χ2n) is 7.09. The normalized spacial score (nSPS) is 19.0. The fourth-order valence-electron chi connectivity index (χ4n) is 3.74. The van der Waals surface area contributed by atoms with E-state index in [0.717, 1.165) is 0 Å². The van der Waals surface area contributed by atoms with E-state index in [-0.39, 0.29) is 46.4 Å². The van der Waals surface area contributed by atoms with Crippen LogP contribution in [0.15, 0.2) is 22.7 Å². The summed E-state index contributed by atoms with van der Waals surface area (Å²) in [6, 6.07) is 1.58. The monoisotopic (exact) mass is 404 g/mol. The Balaban J connectivity index is 2.00. The maximum Gasteiger partial charge on any atom is 0.170 e. The summed E-state index contributed by atoms with van der Waals surface area (Å²) in [5.41, 5.74) is 2.05. The lowest BCUT2D eigenvalue weighted by molar-refractivity contribution is -0.123. The van der Waals surface area contributed by atoms with E-state index in [1.807, 2.05) is 0 Å². The first-order valence-electron chi connectivity index (χ1n) is 8.77. The Bertz CT molecular complexity index is 1060. The SMILES string of the molecule is Cc1cc(C(O)=C2C(=O)CCCC2=O)c(C)c2c1OS(O)(O)c1cn(C)nc1-2. The summed E-state index contributed by atoms with van der Waals surface area (Å²) in [4.78, 5) is 24.7. The fourth-order valence-corrected chi connectivity index (χ4v) is 4.96. The minimum absolute atomic E-state index is 0.152. The molecule has 4 rings (SSSR count). The summed E-state index contributed by atoms with van der Waals surface area (Å²) in [6.07, 6.45) is 2.41. The predicted octanol–water partition coefficient (Wildman–Crippen LogP) is 3.71. The van der Waals surface area contributed by atoms with Gasteiger partial charge in [0.05, 0.1) is 5.56 Å². The highest BCUT2D eigenvalue weighted by Gasteiger charge is 2.39. The number of aliphatic hydroxyl groups is 1. The number of carbonyl (C=O) groups excluding carboxylic acids is 2. The summed E-state index contributed by atoms with van der Waals surface area (Å²) in [5, 5.41) is 15.2. The molecule has 2 aliphatic rings. The second kappa shape index (κ2) is 6.20. The van der Waals surface area contributed by atoms with Crippen molar-refractivity contribution in [1.29, 1.82) is 0 Å². The van der Waals surface area contributed by atoms with Gasteiger partial charge in [-0.1, -0.05) is 0 Å². The van der Waals surface area contributed by atoms with Gasteiger partial charge in [-0.15, -0.1) is 0 Å². The van der Waals surface area contributed by atoms with Gasteiger partial charge in [-0.2, -0.15) is 5.10 Å². The molecule has 0 atom stereocenters. The zero-order valence-electron chi connectivity index (χ0n) is 15.6. The number of aryl methyl sites for hydroxylation is 2. The first-order chi connectivity index (χ1) is 13.1. The molecule has 148 valence electrons. The van der Waals surface area contributed by atoms with E-state index >= 15 is 0 Å². The highest BCUT2D eigenvalue weighted by molar-refractivity contribution is 8.20. The molecule has 28 heavy (non-hydrogen) atoms. The van der Waals surface area contributed by atoms with Gasteiger partial charge in [-0.05, 0) is 37.5 Å². The van der Waals surface area contributed by atoms with Gasteiger partial charge in [-0.3, -0.25) is 23.4 Å². The molecule has 0 saturated heterocycles. The summed E-state index contributed by atoms with van der Waals surface area (Å²) < 4.78 is 27.7. The van der Waals surface area contributed by atoms with Crippen LogP contribution in [0.4, 0.5) is 0 Å². The van der Waals surface area contributed by atoms with Crippen molar-refractivity contribution in [2.24, 2.45) is 7.05 Å². The van der Waals surface area contributed by atoms with Gasteiger partial charge < -0.3 is 9.29 Å². The molecule has 1 fully saturated rings. The van der Waals surface area contributed by atoms with Crippen LogP contribution in [0.25, 0.3) is 17.0 Å². The van der Waals surface area contributed by atoms with Gasteiger partial charge in [0.15, 0.2) is 28.2 Å². The van der Waals surface area contributed by atoms with E-state index in [1.165, 1.54) is 10.9 Å². The molecule has 2 heterocycles. The fraction of sp³-hybridized carbons (Fsp3) is 0.316. The maximum absolute atomic E-state index is 12.2. The highest BCUT2D eigenvalue weighted by atomic mass is 32.3. The maximum atomic E-state index is 12.2. The average molecular weight is 404 g/mol. The molecule has 8 nitrogen and oxygen atoms in total. The first kappa shape index (κ1) is 18.7. The molecule has 0 amide bonds. The molecule has 1 aromatic heterocycles. The molecule has 2 aromatic rings. The molecule has 9 heteroatoms. The molecule has 1 saturated carbocycles. The number of hydrogen-bond donors (Lipinski definition) is 3. The first-order valence-corrected chi connectivity index (χ1v) is 10.2. The number of fused-ring (bicyclic) bond motifs is 3. The Morgan fingerprint density at radius 2 is 1.86 bits per heavy atom. The lowest BCUT2D eigenvalue weighted by Gasteiger charge is -2.33. The Kier molecular flexibility index (Phi) is 4.14. The summed E-state index contributed by atoms with van der Waals surface area (Å²) >= 11 is 0. The third kappa shape index (κ3) is 2.66. The van der Waals surface area contributed by atoms with Gasteiger partial charge in [0, 0.05) is 31.6 Å². The van der Waals surface area contributed by atoms with Gasteiger partial charge >= 0.3 is 0 Å². The molecule has 0 unspecified atom stereocenters. The van der Waals surface area contributed by atoms with Crippen LogP contribution in [-0.4, -0.2) is 35.6 Å². The number of Topliss-reactive ketones (excluding diaryl/α,β-unsaturated/α-hetero) is 2. The molecule has 0 radical (unpaired) electrons. The Hall–Kier alpha value is -2.62. The zero-order valence-corrected chi connectivity index (χ0v) is 16.5. The van der Waals surface area contributed by atoms with Crippen molar-refractivity contribution in [3.05, 3.63) is 34.5 Å². The third-order valence-corrected chi connectivity index (χ3v) is 6.37. The summed E-state index contributed by atoms with van der Waals surface area (Å²) in [7, 11) is -1.86. The van der Waals surface area contributed by atoms with Crippen molar-refractivity contribution in [1.82, 2.24) is 9.78 Å². The quantitative estimate of drug-likeness (QED) is 0.376. The third-order valence-electron chi connectivity index (χ3n) is 5.10. The number of hydrogen-bond acceptors (Lipinski definition) is 7. The van der Waals surface area contributed by atoms with Crippen molar-refractivity contribution in [2.45, 2.75) is 38.0 Å². The van der Waals surface area contributed by atoms with E-state index in [9.17, 15) is 23.8 Å². The molecule has 0 bridgehead atoms. The highest BCUT2D eigenvalue weighted by Crippen LogP contribution is 2.60. The van der Waals surface area contributed by atoms with Gasteiger partial charge in [0.2, 0.25) is 0 Å². The predicted molar refractivity (Wildman–Crippen MR) is 103 cm³/mol. The average Bonchev–Trinajstić information content (AvgIpc) is 3.00. The van der Waals surface area contributed by atoms with Crippen LogP contribution in [0.5, 0.6) is 5.75 Å². The standard InChI is InChI=1S/C19H20N2O6S/c1-9-7-11(18(24)16-12(22)5-4-6-13(16)23)10(2)15-17-14(8-21(3)20-17)28(25,26)27-19(9)15/h7-8,24-26H,4-6H2,1-3H3. The van der Waals surface area contributed by atoms with Crippen LogP contribution in [-0.2, 0) is 16.6 Å². The van der Waals surface area contributed by atoms with Gasteiger partial charge in [-0.25, -0.2) is 0 Å².